The number of anilines is 1. The van der Waals surface area contributed by atoms with E-state index >= 15 is 0 Å². The highest BCUT2D eigenvalue weighted by atomic mass is 79.9. The fourth-order valence-electron chi connectivity index (χ4n) is 2.28. The van der Waals surface area contributed by atoms with Crippen molar-refractivity contribution in [1.82, 2.24) is 9.80 Å². The Bertz CT molecular complexity index is 853. The number of imide groups is 2. The van der Waals surface area contributed by atoms with Gasteiger partial charge in [0, 0.05) is 9.35 Å². The van der Waals surface area contributed by atoms with Gasteiger partial charge in [-0.05, 0) is 39.5 Å². The van der Waals surface area contributed by atoms with Crippen LogP contribution in [0.5, 0.6) is 0 Å². The number of carbonyl (C=O) groups excluding carboxylic acids is 4. The Kier molecular flexibility index (Phi) is 4.95. The zero-order chi connectivity index (χ0) is 18.0. The number of rotatable bonds is 5. The minimum absolute atomic E-state index is 0.0173. The lowest BCUT2D eigenvalue weighted by atomic mass is 10.3. The molecule has 1 N–H and O–H groups in total. The molecule has 9 heteroatoms. The Hall–Kier alpha value is -2.52. The summed E-state index contributed by atoms with van der Waals surface area (Å²) in [7, 11) is 0. The summed E-state index contributed by atoms with van der Waals surface area (Å²) in [5.41, 5.74) is 0.508. The zero-order valence-corrected chi connectivity index (χ0v) is 15.2. The van der Waals surface area contributed by atoms with Gasteiger partial charge in [-0.3, -0.25) is 19.3 Å². The average Bonchev–Trinajstić information content (AvgIpc) is 3.16. The minimum Gasteiger partial charge on any atom is -0.323 e. The van der Waals surface area contributed by atoms with Crippen LogP contribution in [0.2, 0.25) is 0 Å². The van der Waals surface area contributed by atoms with Crippen LogP contribution in [0.3, 0.4) is 0 Å². The summed E-state index contributed by atoms with van der Waals surface area (Å²) < 4.78 is 0.665. The third-order valence-electron chi connectivity index (χ3n) is 3.48. The lowest BCUT2D eigenvalue weighted by Crippen LogP contribution is -2.38. The number of hydrogen-bond acceptors (Lipinski definition) is 5. The first kappa shape index (κ1) is 17.3. The Labute approximate surface area is 155 Å². The highest BCUT2D eigenvalue weighted by molar-refractivity contribution is 9.10. The number of thiophene rings is 1. The van der Waals surface area contributed by atoms with E-state index in [-0.39, 0.29) is 6.54 Å². The van der Waals surface area contributed by atoms with Crippen LogP contribution in [0.25, 0.3) is 0 Å². The molecular formula is C16H12BrN3O4S. The molecule has 5 amide bonds. The van der Waals surface area contributed by atoms with Crippen LogP contribution in [0.15, 0.2) is 46.3 Å². The predicted octanol–water partition coefficient (Wildman–Crippen LogP) is 2.44. The van der Waals surface area contributed by atoms with Gasteiger partial charge >= 0.3 is 17.8 Å². The number of amides is 5. The molecule has 1 aromatic heterocycles. The third-order valence-corrected chi connectivity index (χ3v) is 5.03. The van der Waals surface area contributed by atoms with Crippen molar-refractivity contribution in [3.8, 4) is 0 Å². The number of halogens is 1. The van der Waals surface area contributed by atoms with Crippen molar-refractivity contribution >= 4 is 56.7 Å². The molecule has 0 saturated carbocycles. The van der Waals surface area contributed by atoms with E-state index < -0.39 is 30.3 Å². The van der Waals surface area contributed by atoms with Crippen LogP contribution in [0.4, 0.5) is 10.5 Å². The van der Waals surface area contributed by atoms with Crippen molar-refractivity contribution in [2.24, 2.45) is 0 Å². The molecule has 3 rings (SSSR count). The third kappa shape index (κ3) is 3.62. The second kappa shape index (κ2) is 7.16. The molecule has 1 aliphatic heterocycles. The van der Waals surface area contributed by atoms with E-state index in [2.05, 4.69) is 21.2 Å². The first-order chi connectivity index (χ1) is 12.0. The SMILES string of the molecule is O=C(CN1C(=O)C(=O)N(Cc2cccs2)C1=O)Nc1ccccc1Br. The van der Waals surface area contributed by atoms with Crippen molar-refractivity contribution in [1.29, 1.82) is 0 Å². The molecule has 1 aliphatic rings. The monoisotopic (exact) mass is 421 g/mol. The summed E-state index contributed by atoms with van der Waals surface area (Å²) >= 11 is 4.66. The highest BCUT2D eigenvalue weighted by Gasteiger charge is 2.45. The summed E-state index contributed by atoms with van der Waals surface area (Å²) in [5, 5.41) is 4.40. The Balaban J connectivity index is 1.68. The normalized spacial score (nSPS) is 14.4. The van der Waals surface area contributed by atoms with Gasteiger partial charge in [-0.1, -0.05) is 18.2 Å². The molecule has 0 atom stereocenters. The number of urea groups is 1. The van der Waals surface area contributed by atoms with Crippen LogP contribution in [0, 0.1) is 0 Å². The van der Waals surface area contributed by atoms with E-state index in [1.54, 1.807) is 36.4 Å². The van der Waals surface area contributed by atoms with Crippen LogP contribution in [-0.4, -0.2) is 40.1 Å². The van der Waals surface area contributed by atoms with Gasteiger partial charge in [-0.25, -0.2) is 9.69 Å². The fraction of sp³-hybridized carbons (Fsp3) is 0.125. The lowest BCUT2D eigenvalue weighted by molar-refractivity contribution is -0.143. The molecular weight excluding hydrogens is 410 g/mol. The predicted molar refractivity (Wildman–Crippen MR) is 94.7 cm³/mol. The van der Waals surface area contributed by atoms with Crippen molar-refractivity contribution in [3.05, 3.63) is 51.1 Å². The van der Waals surface area contributed by atoms with Gasteiger partial charge in [0.1, 0.15) is 6.54 Å². The minimum atomic E-state index is -0.996. The van der Waals surface area contributed by atoms with E-state index in [4.69, 9.17) is 0 Å². The molecule has 0 aliphatic carbocycles. The van der Waals surface area contributed by atoms with E-state index in [0.717, 1.165) is 9.78 Å². The number of nitrogens with one attached hydrogen (secondary N) is 1. The lowest BCUT2D eigenvalue weighted by Gasteiger charge is -2.15. The van der Waals surface area contributed by atoms with Crippen molar-refractivity contribution in [2.75, 3.05) is 11.9 Å². The average molecular weight is 422 g/mol. The molecule has 7 nitrogen and oxygen atoms in total. The van der Waals surface area contributed by atoms with E-state index in [9.17, 15) is 19.2 Å². The summed E-state index contributed by atoms with van der Waals surface area (Å²) in [5.74, 6) is -2.49. The maximum Gasteiger partial charge on any atom is 0.335 e. The quantitative estimate of drug-likeness (QED) is 0.593. The Morgan fingerprint density at radius 3 is 2.44 bits per heavy atom. The molecule has 0 unspecified atom stereocenters. The Morgan fingerprint density at radius 2 is 1.76 bits per heavy atom. The molecule has 2 heterocycles. The molecule has 1 fully saturated rings. The fourth-order valence-corrected chi connectivity index (χ4v) is 3.36. The number of benzene rings is 1. The summed E-state index contributed by atoms with van der Waals surface area (Å²) in [6.45, 7) is -0.505. The van der Waals surface area contributed by atoms with Crippen LogP contribution in [0.1, 0.15) is 4.88 Å². The second-order valence-corrected chi connectivity index (χ2v) is 7.06. The molecule has 0 bridgehead atoms. The van der Waals surface area contributed by atoms with Gasteiger partial charge in [0.15, 0.2) is 0 Å². The smallest absolute Gasteiger partial charge is 0.323 e. The van der Waals surface area contributed by atoms with E-state index in [1.807, 2.05) is 5.38 Å². The second-order valence-electron chi connectivity index (χ2n) is 5.17. The molecule has 1 saturated heterocycles. The highest BCUT2D eigenvalue weighted by Crippen LogP contribution is 2.22. The number of hydrogen-bond donors (Lipinski definition) is 1. The number of carbonyl (C=O) groups is 4. The van der Waals surface area contributed by atoms with Crippen molar-refractivity contribution in [2.45, 2.75) is 6.54 Å². The first-order valence-corrected chi connectivity index (χ1v) is 8.88. The maximum atomic E-state index is 12.3. The van der Waals surface area contributed by atoms with Gasteiger partial charge in [0.25, 0.3) is 0 Å². The summed E-state index contributed by atoms with van der Waals surface area (Å²) in [4.78, 5) is 50.8. The maximum absolute atomic E-state index is 12.3. The van der Waals surface area contributed by atoms with Crippen molar-refractivity contribution < 1.29 is 19.2 Å². The molecule has 0 spiro atoms. The Morgan fingerprint density at radius 1 is 1.04 bits per heavy atom. The first-order valence-electron chi connectivity index (χ1n) is 7.21. The van der Waals surface area contributed by atoms with Crippen LogP contribution < -0.4 is 5.32 Å². The summed E-state index contributed by atoms with van der Waals surface area (Å²) in [6.07, 6.45) is 0. The van der Waals surface area contributed by atoms with Gasteiger partial charge < -0.3 is 5.32 Å². The zero-order valence-electron chi connectivity index (χ0n) is 12.8. The largest absolute Gasteiger partial charge is 0.335 e. The van der Waals surface area contributed by atoms with Gasteiger partial charge in [0.2, 0.25) is 5.91 Å². The van der Waals surface area contributed by atoms with Crippen LogP contribution in [-0.2, 0) is 20.9 Å². The standard InChI is InChI=1S/C16H12BrN3O4S/c17-11-5-1-2-6-12(11)18-13(21)9-20-15(23)14(22)19(16(20)24)8-10-4-3-7-25-10/h1-7H,8-9H2,(H,18,21). The molecule has 1 aromatic carbocycles. The summed E-state index contributed by atoms with van der Waals surface area (Å²) in [6, 6.07) is 9.70. The topological polar surface area (TPSA) is 86.8 Å². The van der Waals surface area contributed by atoms with Gasteiger partial charge in [-0.2, -0.15) is 0 Å². The van der Waals surface area contributed by atoms with Gasteiger partial charge in [-0.15, -0.1) is 11.3 Å². The van der Waals surface area contributed by atoms with E-state index in [0.29, 0.717) is 15.1 Å². The number of nitrogens with zero attached hydrogens (tertiary/aromatic N) is 2. The molecule has 128 valence electrons. The van der Waals surface area contributed by atoms with Crippen molar-refractivity contribution in [3.63, 3.8) is 0 Å². The van der Waals surface area contributed by atoms with Gasteiger partial charge in [0.05, 0.1) is 12.2 Å². The van der Waals surface area contributed by atoms with E-state index in [1.165, 1.54) is 11.3 Å². The van der Waals surface area contributed by atoms with Crippen LogP contribution >= 0.6 is 27.3 Å². The molecule has 0 radical (unpaired) electrons. The number of para-hydroxylation sites is 1. The molecule has 25 heavy (non-hydrogen) atoms. The molecule has 2 aromatic rings.